The summed E-state index contributed by atoms with van der Waals surface area (Å²) in [6.45, 7) is 21.6. The van der Waals surface area contributed by atoms with Gasteiger partial charge in [0.2, 0.25) is 5.96 Å². The second kappa shape index (κ2) is 21.1. The molecule has 1 unspecified atom stereocenters. The molecule has 0 saturated carbocycles. The van der Waals surface area contributed by atoms with E-state index in [0.29, 0.717) is 29.9 Å². The van der Waals surface area contributed by atoms with Gasteiger partial charge in [-0.05, 0) is 98.6 Å². The van der Waals surface area contributed by atoms with Gasteiger partial charge in [0, 0.05) is 13.1 Å². The minimum Gasteiger partial charge on any atom is -0.497 e. The van der Waals surface area contributed by atoms with Crippen LogP contribution in [-0.4, -0.2) is 91.4 Å². The molecule has 16 heteroatoms. The summed E-state index contributed by atoms with van der Waals surface area (Å²) in [6, 6.07) is 0. The molecule has 0 spiro atoms. The van der Waals surface area contributed by atoms with Crippen molar-refractivity contribution >= 4 is 63.5 Å². The number of nitrogens with zero attached hydrogens (tertiary/aromatic N) is 1. The lowest BCUT2D eigenvalue weighted by Crippen LogP contribution is -2.46. The molecule has 0 aromatic carbocycles. The van der Waals surface area contributed by atoms with E-state index < -0.39 is 39.5 Å². The fourth-order valence-electron chi connectivity index (χ4n) is 3.30. The van der Waals surface area contributed by atoms with Gasteiger partial charge >= 0.3 is 12.2 Å². The number of guanidine groups is 1. The standard InChI is InChI=1S/C19H33N3O5S.C11H23NO3S3/c1-10-12-20-17(21-18(23)27-19(6,7)8)22-28(24,25)16(11-2)14(4)13(3)15(5)26-9;1-10(2,3)15-9(14)12-7-8(13)11(16-4,17-5)18-6/h11H,5,10,12H2,1-4,6-9H3,(H2,20,21,22,23);8,13H,7H2,1-6H3,(H,12,14)/b14-13-,16-11-;. The number of hydrogen-bond donors (Lipinski definition) is 4. The number of rotatable bonds is 13. The summed E-state index contributed by atoms with van der Waals surface area (Å²) < 4.78 is 43.1. The summed E-state index contributed by atoms with van der Waals surface area (Å²) in [6.07, 6.45) is 6.02. The number of carbonyl (C=O) groups is 2. The van der Waals surface area contributed by atoms with Gasteiger partial charge in [-0.3, -0.25) is 10.3 Å². The average molecular weight is 729 g/mol. The number of methoxy groups -OCH3 is 1. The molecule has 0 fully saturated rings. The fourth-order valence-corrected chi connectivity index (χ4v) is 7.71. The lowest BCUT2D eigenvalue weighted by molar-refractivity contribution is 0.0493. The number of thioether (sulfide) groups is 3. The Labute approximate surface area is 289 Å². The zero-order valence-corrected chi connectivity index (χ0v) is 33.1. The van der Waals surface area contributed by atoms with Crippen molar-refractivity contribution in [1.29, 1.82) is 0 Å². The average Bonchev–Trinajstić information content (AvgIpc) is 2.93. The molecule has 2 amide bonds. The van der Waals surface area contributed by atoms with Crippen molar-refractivity contribution in [2.75, 3.05) is 39.0 Å². The van der Waals surface area contributed by atoms with E-state index in [1.165, 1.54) is 13.2 Å². The molecule has 0 rings (SSSR count). The van der Waals surface area contributed by atoms with Gasteiger partial charge < -0.3 is 24.6 Å². The molecule has 4 N–H and O–H groups in total. The van der Waals surface area contributed by atoms with E-state index in [2.05, 4.69) is 26.9 Å². The second-order valence-corrected chi connectivity index (χ2v) is 17.2. The summed E-state index contributed by atoms with van der Waals surface area (Å²) in [7, 11) is -2.56. The highest BCUT2D eigenvalue weighted by Gasteiger charge is 2.36. The first kappa shape index (κ1) is 46.1. The van der Waals surface area contributed by atoms with Crippen molar-refractivity contribution in [3.8, 4) is 0 Å². The monoisotopic (exact) mass is 728 g/mol. The number of amides is 2. The number of aliphatic hydroxyl groups is 1. The molecule has 0 aliphatic rings. The Morgan fingerprint density at radius 2 is 1.43 bits per heavy atom. The SMILES string of the molecule is C=C(OC)/C(C)=C(C)\C(=C\C)S(=O)(=O)NC(=NCCC)NC(=O)OC(C)(C)C.CSC(SC)(SC)C(O)CNC(=O)OC(C)(C)C. The number of hydrogen-bond acceptors (Lipinski definition) is 12. The molecule has 0 saturated heterocycles. The maximum atomic E-state index is 12.9. The van der Waals surface area contributed by atoms with Crippen LogP contribution in [0.5, 0.6) is 0 Å². The molecule has 0 aliphatic carbocycles. The zero-order valence-electron chi connectivity index (χ0n) is 29.9. The Balaban J connectivity index is 0. The van der Waals surface area contributed by atoms with Crippen molar-refractivity contribution in [1.82, 2.24) is 15.4 Å². The molecular weight excluding hydrogens is 673 g/mol. The van der Waals surface area contributed by atoms with Crippen LogP contribution in [0, 0.1) is 0 Å². The minimum absolute atomic E-state index is 0.0263. The van der Waals surface area contributed by atoms with Gasteiger partial charge in [0.05, 0.1) is 12.0 Å². The topological polar surface area (TPSA) is 165 Å². The van der Waals surface area contributed by atoms with E-state index in [1.54, 1.807) is 97.6 Å². The van der Waals surface area contributed by atoms with Crippen molar-refractivity contribution < 1.29 is 37.3 Å². The molecule has 0 aliphatic heterocycles. The van der Waals surface area contributed by atoms with E-state index in [4.69, 9.17) is 14.2 Å². The molecule has 268 valence electrons. The van der Waals surface area contributed by atoms with Crippen LogP contribution < -0.4 is 15.4 Å². The minimum atomic E-state index is -4.02. The Bertz CT molecular complexity index is 1190. The first-order valence-electron chi connectivity index (χ1n) is 14.4. The highest BCUT2D eigenvalue weighted by molar-refractivity contribution is 8.33. The van der Waals surface area contributed by atoms with Gasteiger partial charge in [-0.25, -0.2) is 22.7 Å². The van der Waals surface area contributed by atoms with E-state index in [1.807, 2.05) is 25.7 Å². The van der Waals surface area contributed by atoms with E-state index in [0.717, 1.165) is 0 Å². The van der Waals surface area contributed by atoms with E-state index in [-0.39, 0.29) is 20.8 Å². The highest BCUT2D eigenvalue weighted by Crippen LogP contribution is 2.45. The summed E-state index contributed by atoms with van der Waals surface area (Å²) in [5.41, 5.74) is -0.198. The summed E-state index contributed by atoms with van der Waals surface area (Å²) in [5.74, 6) is 0.158. The Morgan fingerprint density at radius 3 is 1.83 bits per heavy atom. The third-order valence-corrected chi connectivity index (χ3v) is 12.7. The summed E-state index contributed by atoms with van der Waals surface area (Å²) >= 11 is 4.72. The van der Waals surface area contributed by atoms with Crippen molar-refractivity contribution in [2.24, 2.45) is 4.99 Å². The van der Waals surface area contributed by atoms with Crippen LogP contribution in [0.4, 0.5) is 9.59 Å². The molecule has 0 bridgehead atoms. The first-order chi connectivity index (χ1) is 21.0. The number of ether oxygens (including phenoxy) is 3. The molecule has 46 heavy (non-hydrogen) atoms. The molecule has 0 heterocycles. The third-order valence-electron chi connectivity index (χ3n) is 5.59. The molecule has 0 radical (unpaired) electrons. The van der Waals surface area contributed by atoms with E-state index in [9.17, 15) is 23.1 Å². The zero-order chi connectivity index (χ0) is 36.5. The Hall–Kier alpha value is -2.01. The first-order valence-corrected chi connectivity index (χ1v) is 19.6. The molecule has 12 nitrogen and oxygen atoms in total. The van der Waals surface area contributed by atoms with Crippen LogP contribution in [-0.2, 0) is 24.2 Å². The summed E-state index contributed by atoms with van der Waals surface area (Å²) in [4.78, 5) is 27.6. The molecule has 0 aromatic rings. The van der Waals surface area contributed by atoms with Crippen molar-refractivity contribution in [3.63, 3.8) is 0 Å². The maximum Gasteiger partial charge on any atom is 0.414 e. The molecule has 0 aromatic heterocycles. The maximum absolute atomic E-state index is 12.9. The largest absolute Gasteiger partial charge is 0.497 e. The number of aliphatic imine (C=N–C) groups is 1. The molecular formula is C30H56N4O8S4. The van der Waals surface area contributed by atoms with Gasteiger partial charge in [0.25, 0.3) is 10.0 Å². The number of nitrogens with one attached hydrogen (secondary N) is 3. The lowest BCUT2D eigenvalue weighted by Gasteiger charge is -2.33. The predicted molar refractivity (Wildman–Crippen MR) is 196 cm³/mol. The van der Waals surface area contributed by atoms with Gasteiger partial charge in [-0.15, -0.1) is 35.3 Å². The van der Waals surface area contributed by atoms with Crippen LogP contribution >= 0.6 is 35.3 Å². The number of alkyl carbamates (subject to hydrolysis) is 2. The van der Waals surface area contributed by atoms with Crippen molar-refractivity contribution in [3.05, 3.63) is 34.5 Å². The Kier molecular flexibility index (Phi) is 21.1. The van der Waals surface area contributed by atoms with Crippen LogP contribution in [0.2, 0.25) is 0 Å². The van der Waals surface area contributed by atoms with Crippen LogP contribution in [0.3, 0.4) is 0 Å². The normalized spacial score (nSPS) is 14.2. The van der Waals surface area contributed by atoms with Crippen LogP contribution in [0.25, 0.3) is 0 Å². The molecule has 1 atom stereocenters. The third kappa shape index (κ3) is 17.8. The smallest absolute Gasteiger partial charge is 0.414 e. The van der Waals surface area contributed by atoms with Gasteiger partial charge in [0.1, 0.15) is 26.5 Å². The quantitative estimate of drug-likeness (QED) is 0.0560. The van der Waals surface area contributed by atoms with Crippen molar-refractivity contribution in [2.45, 2.75) is 96.4 Å². The van der Waals surface area contributed by atoms with Crippen LogP contribution in [0.1, 0.15) is 75.7 Å². The highest BCUT2D eigenvalue weighted by atomic mass is 32.3. The Morgan fingerprint density at radius 1 is 0.957 bits per heavy atom. The van der Waals surface area contributed by atoms with Gasteiger partial charge in [-0.1, -0.05) is 19.6 Å². The van der Waals surface area contributed by atoms with Gasteiger partial charge in [0.15, 0.2) is 0 Å². The van der Waals surface area contributed by atoms with E-state index >= 15 is 0 Å². The number of sulfonamides is 1. The van der Waals surface area contributed by atoms with Gasteiger partial charge in [-0.2, -0.15) is 0 Å². The number of allylic oxidation sites excluding steroid dienone is 3. The number of aliphatic hydroxyl groups excluding tert-OH is 1. The lowest BCUT2D eigenvalue weighted by atomic mass is 10.1. The number of carbonyl (C=O) groups excluding carboxylic acids is 2. The fraction of sp³-hybridized carbons (Fsp3) is 0.700. The summed E-state index contributed by atoms with van der Waals surface area (Å²) in [5, 5.41) is 15.1. The van der Waals surface area contributed by atoms with Crippen LogP contribution in [0.15, 0.2) is 39.5 Å². The second-order valence-electron chi connectivity index (χ2n) is 11.6. The predicted octanol–water partition coefficient (Wildman–Crippen LogP) is 6.21.